The van der Waals surface area contributed by atoms with Crippen molar-refractivity contribution in [3.63, 3.8) is 0 Å². The van der Waals surface area contributed by atoms with E-state index in [0.717, 1.165) is 30.5 Å². The molecule has 1 fully saturated rings. The third-order valence-corrected chi connectivity index (χ3v) is 3.57. The maximum atomic E-state index is 12.8. The normalized spacial score (nSPS) is 19.8. The minimum absolute atomic E-state index is 0.00484. The molecule has 3 nitrogen and oxygen atoms in total. The van der Waals surface area contributed by atoms with Crippen molar-refractivity contribution in [2.45, 2.75) is 25.8 Å². The minimum Gasteiger partial charge on any atom is -0.335 e. The van der Waals surface area contributed by atoms with Crippen molar-refractivity contribution in [2.24, 2.45) is 5.73 Å². The fourth-order valence-corrected chi connectivity index (χ4v) is 2.44. The van der Waals surface area contributed by atoms with Crippen molar-refractivity contribution in [1.29, 1.82) is 0 Å². The Morgan fingerprint density at radius 1 is 1.47 bits per heavy atom. The number of carbonyl (C=O) groups excluding carboxylic acids is 1. The van der Waals surface area contributed by atoms with Gasteiger partial charge >= 0.3 is 0 Å². The Morgan fingerprint density at radius 2 is 2.16 bits per heavy atom. The summed E-state index contributed by atoms with van der Waals surface area (Å²) in [4.78, 5) is 14.0. The first-order valence-electron chi connectivity index (χ1n) is 6.56. The van der Waals surface area contributed by atoms with Gasteiger partial charge in [0.1, 0.15) is 5.82 Å². The highest BCUT2D eigenvalue weighted by atomic mass is 19.1. The van der Waals surface area contributed by atoms with Crippen LogP contribution in [-0.2, 0) is 4.79 Å². The van der Waals surface area contributed by atoms with Crippen LogP contribution in [0.1, 0.15) is 25.3 Å². The second-order valence-corrected chi connectivity index (χ2v) is 4.90. The summed E-state index contributed by atoms with van der Waals surface area (Å²) < 4.78 is 12.8. The van der Waals surface area contributed by atoms with Gasteiger partial charge in [-0.3, -0.25) is 4.79 Å². The first-order valence-corrected chi connectivity index (χ1v) is 6.56. The first-order chi connectivity index (χ1) is 9.11. The molecule has 1 aliphatic heterocycles. The van der Waals surface area contributed by atoms with Crippen molar-refractivity contribution >= 4 is 11.5 Å². The van der Waals surface area contributed by atoms with E-state index in [1.165, 1.54) is 12.1 Å². The third-order valence-electron chi connectivity index (χ3n) is 3.57. The molecule has 2 rings (SSSR count). The average Bonchev–Trinajstić information content (AvgIpc) is 2.87. The van der Waals surface area contributed by atoms with Gasteiger partial charge in [-0.05, 0) is 43.0 Å². The number of nitrogens with two attached hydrogens (primary N) is 1. The Hall–Kier alpha value is -1.68. The SMILES string of the molecule is CC(=CC(=O)N1CCCC1CN)c1ccc(F)cc1. The van der Waals surface area contributed by atoms with E-state index < -0.39 is 0 Å². The number of benzene rings is 1. The molecule has 1 unspecified atom stereocenters. The van der Waals surface area contributed by atoms with Gasteiger partial charge in [-0.25, -0.2) is 4.39 Å². The Kier molecular flexibility index (Phi) is 4.32. The molecule has 0 aromatic heterocycles. The predicted octanol–water partition coefficient (Wildman–Crippen LogP) is 2.18. The summed E-state index contributed by atoms with van der Waals surface area (Å²) in [7, 11) is 0. The fraction of sp³-hybridized carbons (Fsp3) is 0.400. The molecule has 0 radical (unpaired) electrons. The van der Waals surface area contributed by atoms with Gasteiger partial charge in [0.05, 0.1) is 0 Å². The van der Waals surface area contributed by atoms with Gasteiger partial charge in [-0.1, -0.05) is 12.1 Å². The topological polar surface area (TPSA) is 46.3 Å². The van der Waals surface area contributed by atoms with Crippen LogP contribution < -0.4 is 5.73 Å². The molecule has 19 heavy (non-hydrogen) atoms. The highest BCUT2D eigenvalue weighted by molar-refractivity contribution is 5.95. The summed E-state index contributed by atoms with van der Waals surface area (Å²) in [6, 6.07) is 6.31. The molecule has 1 saturated heterocycles. The lowest BCUT2D eigenvalue weighted by Gasteiger charge is -2.22. The molecule has 1 aliphatic rings. The minimum atomic E-state index is -0.273. The number of nitrogens with zero attached hydrogens (tertiary/aromatic N) is 1. The van der Waals surface area contributed by atoms with E-state index in [9.17, 15) is 9.18 Å². The number of amides is 1. The Labute approximate surface area is 112 Å². The van der Waals surface area contributed by atoms with Gasteiger partial charge in [0.25, 0.3) is 0 Å². The monoisotopic (exact) mass is 262 g/mol. The highest BCUT2D eigenvalue weighted by Crippen LogP contribution is 2.19. The molecular formula is C15H19FN2O. The van der Waals surface area contributed by atoms with E-state index in [2.05, 4.69) is 0 Å². The van der Waals surface area contributed by atoms with Crippen molar-refractivity contribution in [1.82, 2.24) is 4.90 Å². The van der Waals surface area contributed by atoms with Gasteiger partial charge in [0, 0.05) is 25.2 Å². The largest absolute Gasteiger partial charge is 0.335 e. The summed E-state index contributed by atoms with van der Waals surface area (Å²) in [6.45, 7) is 3.14. The number of halogens is 1. The first kappa shape index (κ1) is 13.7. The van der Waals surface area contributed by atoms with E-state index >= 15 is 0 Å². The van der Waals surface area contributed by atoms with Crippen molar-refractivity contribution in [3.05, 3.63) is 41.7 Å². The number of hydrogen-bond acceptors (Lipinski definition) is 2. The number of rotatable bonds is 3. The summed E-state index contributed by atoms with van der Waals surface area (Å²) in [5.41, 5.74) is 7.36. The van der Waals surface area contributed by atoms with Gasteiger partial charge in [-0.15, -0.1) is 0 Å². The summed E-state index contributed by atoms with van der Waals surface area (Å²) in [6.07, 6.45) is 3.60. The molecule has 102 valence electrons. The molecule has 2 N–H and O–H groups in total. The van der Waals surface area contributed by atoms with Crippen LogP contribution in [0.15, 0.2) is 30.3 Å². The Balaban J connectivity index is 2.11. The maximum Gasteiger partial charge on any atom is 0.247 e. The molecule has 0 aliphatic carbocycles. The van der Waals surface area contributed by atoms with Crippen molar-refractivity contribution in [2.75, 3.05) is 13.1 Å². The molecule has 1 amide bonds. The molecule has 1 aromatic rings. The molecule has 0 spiro atoms. The number of hydrogen-bond donors (Lipinski definition) is 1. The van der Waals surface area contributed by atoms with Crippen LogP contribution in [0, 0.1) is 5.82 Å². The van der Waals surface area contributed by atoms with Crippen LogP contribution in [-0.4, -0.2) is 29.9 Å². The Morgan fingerprint density at radius 3 is 2.79 bits per heavy atom. The lowest BCUT2D eigenvalue weighted by atomic mass is 10.1. The van der Waals surface area contributed by atoms with E-state index in [-0.39, 0.29) is 17.8 Å². The molecule has 0 saturated carbocycles. The third kappa shape index (κ3) is 3.20. The fourth-order valence-electron chi connectivity index (χ4n) is 2.44. The number of likely N-dealkylation sites (tertiary alicyclic amines) is 1. The standard InChI is InChI=1S/C15H19FN2O/c1-11(12-4-6-13(16)7-5-12)9-15(19)18-8-2-3-14(18)10-17/h4-7,9,14H,2-3,8,10,17H2,1H3. The van der Waals surface area contributed by atoms with Gasteiger partial charge < -0.3 is 10.6 Å². The summed E-state index contributed by atoms with van der Waals surface area (Å²) in [5.74, 6) is -0.277. The van der Waals surface area contributed by atoms with Crippen molar-refractivity contribution in [3.8, 4) is 0 Å². The van der Waals surface area contributed by atoms with Crippen LogP contribution in [0.3, 0.4) is 0 Å². The van der Waals surface area contributed by atoms with Crippen LogP contribution in [0.25, 0.3) is 5.57 Å². The zero-order valence-electron chi connectivity index (χ0n) is 11.1. The van der Waals surface area contributed by atoms with Crippen LogP contribution in [0.4, 0.5) is 4.39 Å². The molecule has 1 atom stereocenters. The van der Waals surface area contributed by atoms with Gasteiger partial charge in [-0.2, -0.15) is 0 Å². The number of carbonyl (C=O) groups is 1. The molecule has 1 aromatic carbocycles. The lowest BCUT2D eigenvalue weighted by molar-refractivity contribution is -0.126. The van der Waals surface area contributed by atoms with Gasteiger partial charge in [0.2, 0.25) is 5.91 Å². The lowest BCUT2D eigenvalue weighted by Crippen LogP contribution is -2.39. The second-order valence-electron chi connectivity index (χ2n) is 4.90. The van der Waals surface area contributed by atoms with Crippen LogP contribution in [0.2, 0.25) is 0 Å². The van der Waals surface area contributed by atoms with Crippen LogP contribution >= 0.6 is 0 Å². The van der Waals surface area contributed by atoms with Crippen LogP contribution in [0.5, 0.6) is 0 Å². The van der Waals surface area contributed by atoms with Gasteiger partial charge in [0.15, 0.2) is 0 Å². The zero-order valence-corrected chi connectivity index (χ0v) is 11.1. The predicted molar refractivity (Wildman–Crippen MR) is 73.8 cm³/mol. The highest BCUT2D eigenvalue weighted by Gasteiger charge is 2.26. The van der Waals surface area contributed by atoms with E-state index in [1.807, 2.05) is 11.8 Å². The molecular weight excluding hydrogens is 243 g/mol. The number of allylic oxidation sites excluding steroid dienone is 1. The van der Waals surface area contributed by atoms with E-state index in [1.54, 1.807) is 18.2 Å². The second kappa shape index (κ2) is 5.97. The summed E-state index contributed by atoms with van der Waals surface area (Å²) in [5, 5.41) is 0. The Bertz CT molecular complexity index is 481. The zero-order chi connectivity index (χ0) is 13.8. The molecule has 1 heterocycles. The maximum absolute atomic E-state index is 12.8. The quantitative estimate of drug-likeness (QED) is 0.849. The van der Waals surface area contributed by atoms with Crippen molar-refractivity contribution < 1.29 is 9.18 Å². The smallest absolute Gasteiger partial charge is 0.247 e. The molecule has 4 heteroatoms. The average molecular weight is 262 g/mol. The molecule has 0 bridgehead atoms. The summed E-state index contributed by atoms with van der Waals surface area (Å²) >= 11 is 0. The van der Waals surface area contributed by atoms with E-state index in [0.29, 0.717) is 6.54 Å². The van der Waals surface area contributed by atoms with E-state index in [4.69, 9.17) is 5.73 Å².